The molecule has 2 aromatic heterocycles. The molecule has 1 N–H and O–H groups in total. The van der Waals surface area contributed by atoms with Crippen molar-refractivity contribution in [3.63, 3.8) is 0 Å². The lowest BCUT2D eigenvalue weighted by molar-refractivity contribution is -0.117. The van der Waals surface area contributed by atoms with Gasteiger partial charge < -0.3 is 4.74 Å². The van der Waals surface area contributed by atoms with Gasteiger partial charge in [-0.15, -0.1) is 0 Å². The number of ether oxygens (including phenoxy) is 1. The highest BCUT2D eigenvalue weighted by atomic mass is 16.5. The highest BCUT2D eigenvalue weighted by Crippen LogP contribution is 2.43. The van der Waals surface area contributed by atoms with Crippen molar-refractivity contribution in [1.82, 2.24) is 19.4 Å². The Morgan fingerprint density at radius 1 is 1.03 bits per heavy atom. The Morgan fingerprint density at radius 3 is 2.26 bits per heavy atom. The second-order valence-electron chi connectivity index (χ2n) is 8.47. The lowest BCUT2D eigenvalue weighted by Crippen LogP contribution is -2.37. The average molecular weight is 415 g/mol. The minimum Gasteiger partial charge on any atom is -0.457 e. The van der Waals surface area contributed by atoms with E-state index in [2.05, 4.69) is 15.5 Å². The maximum absolute atomic E-state index is 13.4. The largest absolute Gasteiger partial charge is 0.457 e. The van der Waals surface area contributed by atoms with E-state index in [4.69, 9.17) is 4.74 Å². The van der Waals surface area contributed by atoms with Crippen LogP contribution in [-0.4, -0.2) is 25.3 Å². The Bertz CT molecular complexity index is 1330. The smallest absolute Gasteiger partial charge is 0.283 e. The summed E-state index contributed by atoms with van der Waals surface area (Å²) in [5.41, 5.74) is 3.95. The summed E-state index contributed by atoms with van der Waals surface area (Å²) in [6.45, 7) is 5.94. The van der Waals surface area contributed by atoms with E-state index in [0.29, 0.717) is 22.5 Å². The van der Waals surface area contributed by atoms with Gasteiger partial charge in [-0.25, -0.2) is 14.3 Å². The number of fused-ring (bicyclic) bond motifs is 3. The maximum atomic E-state index is 13.4. The lowest BCUT2D eigenvalue weighted by Gasteiger charge is -2.27. The number of nitrogens with zero attached hydrogens (tertiary/aromatic N) is 4. The van der Waals surface area contributed by atoms with Crippen molar-refractivity contribution in [1.29, 1.82) is 0 Å². The van der Waals surface area contributed by atoms with Gasteiger partial charge in [0.1, 0.15) is 23.2 Å². The number of hydrogen-bond acceptors (Lipinski definition) is 5. The molecule has 0 spiro atoms. The first-order chi connectivity index (χ1) is 14.8. The third kappa shape index (κ3) is 3.07. The molecule has 2 aromatic carbocycles. The summed E-state index contributed by atoms with van der Waals surface area (Å²) < 4.78 is 8.76. The SMILES string of the molecule is CC(C)(C)n1ncc2c(=O)n(NC(=O)C3c4ccccc4Oc4ccccc43)cnc21. The van der Waals surface area contributed by atoms with Crippen molar-refractivity contribution < 1.29 is 9.53 Å². The zero-order valence-electron chi connectivity index (χ0n) is 17.4. The Hall–Kier alpha value is -3.94. The Morgan fingerprint density at radius 2 is 1.65 bits per heavy atom. The molecule has 1 amide bonds. The number of carbonyl (C=O) groups excluding carboxylic acids is 1. The number of hydrogen-bond donors (Lipinski definition) is 1. The minimum atomic E-state index is -0.624. The van der Waals surface area contributed by atoms with Gasteiger partial charge in [0.05, 0.1) is 17.7 Å². The second kappa shape index (κ2) is 6.80. The van der Waals surface area contributed by atoms with Gasteiger partial charge in [-0.05, 0) is 32.9 Å². The van der Waals surface area contributed by atoms with Crippen molar-refractivity contribution in [2.24, 2.45) is 0 Å². The van der Waals surface area contributed by atoms with Crippen LogP contribution in [0, 0.1) is 0 Å². The second-order valence-corrected chi connectivity index (χ2v) is 8.47. The maximum Gasteiger partial charge on any atom is 0.283 e. The third-order valence-electron chi connectivity index (χ3n) is 5.30. The number of carbonyl (C=O) groups is 1. The molecular weight excluding hydrogens is 394 g/mol. The normalized spacial score (nSPS) is 13.4. The fourth-order valence-corrected chi connectivity index (χ4v) is 3.86. The number of benzene rings is 2. The first-order valence-corrected chi connectivity index (χ1v) is 9.97. The van der Waals surface area contributed by atoms with Crippen molar-refractivity contribution in [3.8, 4) is 11.5 Å². The van der Waals surface area contributed by atoms with Gasteiger partial charge in [-0.2, -0.15) is 5.10 Å². The molecule has 1 aliphatic heterocycles. The van der Waals surface area contributed by atoms with Crippen LogP contribution in [0.2, 0.25) is 0 Å². The van der Waals surface area contributed by atoms with Gasteiger partial charge in [0.2, 0.25) is 0 Å². The molecule has 4 aromatic rings. The molecule has 0 aliphatic carbocycles. The molecule has 8 nitrogen and oxygen atoms in total. The molecule has 3 heterocycles. The van der Waals surface area contributed by atoms with Gasteiger partial charge >= 0.3 is 0 Å². The van der Waals surface area contributed by atoms with Crippen molar-refractivity contribution in [3.05, 3.63) is 82.5 Å². The summed E-state index contributed by atoms with van der Waals surface area (Å²) in [5, 5.41) is 4.65. The van der Waals surface area contributed by atoms with E-state index in [9.17, 15) is 9.59 Å². The third-order valence-corrected chi connectivity index (χ3v) is 5.30. The van der Waals surface area contributed by atoms with E-state index in [-0.39, 0.29) is 17.0 Å². The van der Waals surface area contributed by atoms with Crippen LogP contribution in [0.25, 0.3) is 11.0 Å². The summed E-state index contributed by atoms with van der Waals surface area (Å²) >= 11 is 0. The number of amides is 1. The van der Waals surface area contributed by atoms with Gasteiger partial charge in [0.15, 0.2) is 5.65 Å². The van der Waals surface area contributed by atoms with E-state index in [0.717, 1.165) is 15.8 Å². The standard InChI is InChI=1S/C23H21N5O3/c1-23(2,3)28-20-16(12-25-28)22(30)27(13-24-20)26-21(29)19-14-8-4-6-10-17(14)31-18-11-7-5-9-15(18)19/h4-13,19H,1-3H3,(H,26,29). The zero-order chi connectivity index (χ0) is 21.8. The van der Waals surface area contributed by atoms with Gasteiger partial charge in [-0.1, -0.05) is 36.4 Å². The quantitative estimate of drug-likeness (QED) is 0.542. The Kier molecular flexibility index (Phi) is 4.18. The van der Waals surface area contributed by atoms with Crippen LogP contribution in [0.15, 0.2) is 65.8 Å². The number of rotatable bonds is 2. The monoisotopic (exact) mass is 415 g/mol. The van der Waals surface area contributed by atoms with E-state index in [1.165, 1.54) is 12.5 Å². The van der Waals surface area contributed by atoms with Crippen LogP contribution < -0.4 is 15.7 Å². The van der Waals surface area contributed by atoms with Crippen molar-refractivity contribution in [2.45, 2.75) is 32.2 Å². The van der Waals surface area contributed by atoms with Gasteiger partial charge in [-0.3, -0.25) is 15.0 Å². The molecular formula is C23H21N5O3. The fraction of sp³-hybridized carbons (Fsp3) is 0.217. The van der Waals surface area contributed by atoms with Crippen molar-refractivity contribution >= 4 is 16.9 Å². The van der Waals surface area contributed by atoms with Gasteiger partial charge in [0.25, 0.3) is 11.5 Å². The van der Waals surface area contributed by atoms with Crippen LogP contribution in [0.5, 0.6) is 11.5 Å². The highest BCUT2D eigenvalue weighted by molar-refractivity contribution is 5.95. The summed E-state index contributed by atoms with van der Waals surface area (Å²) in [7, 11) is 0. The minimum absolute atomic E-state index is 0.327. The predicted octanol–water partition coefficient (Wildman–Crippen LogP) is 3.36. The highest BCUT2D eigenvalue weighted by Gasteiger charge is 2.33. The van der Waals surface area contributed by atoms with E-state index in [1.54, 1.807) is 4.68 Å². The first kappa shape index (κ1) is 19.0. The molecule has 1 aliphatic rings. The predicted molar refractivity (Wildman–Crippen MR) is 116 cm³/mol. The van der Waals surface area contributed by atoms with E-state index >= 15 is 0 Å². The van der Waals surface area contributed by atoms with Crippen LogP contribution in [0.1, 0.15) is 37.8 Å². The summed E-state index contributed by atoms with van der Waals surface area (Å²) in [4.78, 5) is 30.8. The number of aromatic nitrogens is 4. The molecule has 0 atom stereocenters. The molecule has 5 rings (SSSR count). The molecule has 8 heteroatoms. The van der Waals surface area contributed by atoms with Crippen LogP contribution in [-0.2, 0) is 10.3 Å². The summed E-state index contributed by atoms with van der Waals surface area (Å²) in [6, 6.07) is 14.8. The molecule has 0 radical (unpaired) electrons. The fourth-order valence-electron chi connectivity index (χ4n) is 3.86. The van der Waals surface area contributed by atoms with Crippen LogP contribution >= 0.6 is 0 Å². The number of nitrogens with one attached hydrogen (secondary N) is 1. The lowest BCUT2D eigenvalue weighted by atomic mass is 9.87. The molecule has 0 bridgehead atoms. The molecule has 31 heavy (non-hydrogen) atoms. The van der Waals surface area contributed by atoms with E-state index < -0.39 is 5.92 Å². The van der Waals surface area contributed by atoms with E-state index in [1.807, 2.05) is 69.3 Å². The van der Waals surface area contributed by atoms with Gasteiger partial charge in [0, 0.05) is 11.1 Å². The molecule has 0 fully saturated rings. The van der Waals surface area contributed by atoms with Crippen LogP contribution in [0.4, 0.5) is 0 Å². The number of para-hydroxylation sites is 2. The Balaban J connectivity index is 1.55. The first-order valence-electron chi connectivity index (χ1n) is 9.97. The molecule has 0 saturated heterocycles. The molecule has 0 unspecified atom stereocenters. The molecule has 0 saturated carbocycles. The zero-order valence-corrected chi connectivity index (χ0v) is 17.4. The van der Waals surface area contributed by atoms with Crippen molar-refractivity contribution in [2.75, 3.05) is 5.43 Å². The topological polar surface area (TPSA) is 91.0 Å². The average Bonchev–Trinajstić information content (AvgIpc) is 3.19. The molecule has 156 valence electrons. The van der Waals surface area contributed by atoms with Crippen LogP contribution in [0.3, 0.4) is 0 Å². The summed E-state index contributed by atoms with van der Waals surface area (Å²) in [6.07, 6.45) is 2.81. The Labute approximate surface area is 178 Å². The summed E-state index contributed by atoms with van der Waals surface area (Å²) in [5.74, 6) is 0.262.